The molecule has 0 aliphatic rings. The second-order valence-electron chi connectivity index (χ2n) is 4.69. The number of nitrogens with zero attached hydrogens (tertiary/aromatic N) is 3. The first-order valence-corrected chi connectivity index (χ1v) is 7.65. The summed E-state index contributed by atoms with van der Waals surface area (Å²) < 4.78 is 0. The van der Waals surface area contributed by atoms with Crippen molar-refractivity contribution in [3.05, 3.63) is 60.6 Å². The van der Waals surface area contributed by atoms with Crippen molar-refractivity contribution in [2.45, 2.75) is 10.9 Å². The molecule has 5 heteroatoms. The van der Waals surface area contributed by atoms with Gasteiger partial charge in [0.25, 0.3) is 0 Å². The Morgan fingerprint density at radius 3 is 2.62 bits per heavy atom. The van der Waals surface area contributed by atoms with Gasteiger partial charge in [-0.15, -0.1) is 0 Å². The fourth-order valence-electron chi connectivity index (χ4n) is 2.21. The predicted molar refractivity (Wildman–Crippen MR) is 85.2 cm³/mol. The van der Waals surface area contributed by atoms with E-state index < -0.39 is 0 Å². The minimum atomic E-state index is 0.699. The molecule has 0 saturated carbocycles. The highest BCUT2D eigenvalue weighted by molar-refractivity contribution is 7.98. The number of aromatic amines is 1. The first-order valence-electron chi connectivity index (χ1n) is 6.67. The summed E-state index contributed by atoms with van der Waals surface area (Å²) in [7, 11) is 0. The molecule has 0 unspecified atom stereocenters. The van der Waals surface area contributed by atoms with Gasteiger partial charge in [-0.25, -0.2) is 15.0 Å². The van der Waals surface area contributed by atoms with E-state index in [0.717, 1.165) is 32.9 Å². The lowest BCUT2D eigenvalue weighted by atomic mass is 10.2. The number of imidazole rings is 1. The van der Waals surface area contributed by atoms with Crippen molar-refractivity contribution in [3.8, 4) is 0 Å². The van der Waals surface area contributed by atoms with Crippen LogP contribution in [0.3, 0.4) is 0 Å². The van der Waals surface area contributed by atoms with E-state index in [-0.39, 0.29) is 0 Å². The van der Waals surface area contributed by atoms with Crippen molar-refractivity contribution >= 4 is 33.7 Å². The molecule has 0 amide bonds. The van der Waals surface area contributed by atoms with Gasteiger partial charge in [-0.2, -0.15) is 0 Å². The van der Waals surface area contributed by atoms with E-state index in [1.807, 2.05) is 54.7 Å². The lowest BCUT2D eigenvalue weighted by molar-refractivity contribution is 1.04. The van der Waals surface area contributed by atoms with Gasteiger partial charge >= 0.3 is 0 Å². The molecule has 2 aromatic carbocycles. The summed E-state index contributed by atoms with van der Waals surface area (Å²) in [5.41, 5.74) is 3.02. The van der Waals surface area contributed by atoms with Gasteiger partial charge in [0, 0.05) is 11.6 Å². The average molecular weight is 292 g/mol. The highest BCUT2D eigenvalue weighted by Gasteiger charge is 2.05. The minimum absolute atomic E-state index is 0.699. The van der Waals surface area contributed by atoms with Gasteiger partial charge < -0.3 is 4.98 Å². The first-order chi connectivity index (χ1) is 10.4. The van der Waals surface area contributed by atoms with Crippen LogP contribution in [-0.2, 0) is 5.75 Å². The summed E-state index contributed by atoms with van der Waals surface area (Å²) in [6, 6.07) is 16.0. The van der Waals surface area contributed by atoms with E-state index in [1.54, 1.807) is 11.8 Å². The Bertz CT molecular complexity index is 883. The monoisotopic (exact) mass is 292 g/mol. The Hall–Kier alpha value is -2.40. The van der Waals surface area contributed by atoms with Crippen LogP contribution >= 0.6 is 11.8 Å². The first kappa shape index (κ1) is 12.3. The molecular weight excluding hydrogens is 280 g/mol. The zero-order valence-corrected chi connectivity index (χ0v) is 12.0. The number of fused-ring (bicyclic) bond motifs is 2. The zero-order chi connectivity index (χ0) is 14.1. The highest BCUT2D eigenvalue weighted by atomic mass is 32.2. The third-order valence-electron chi connectivity index (χ3n) is 3.24. The molecule has 0 atom stereocenters. The van der Waals surface area contributed by atoms with Gasteiger partial charge in [0.1, 0.15) is 5.82 Å². The number of aromatic nitrogens is 4. The van der Waals surface area contributed by atoms with Crippen molar-refractivity contribution in [2.75, 3.05) is 0 Å². The topological polar surface area (TPSA) is 54.5 Å². The summed E-state index contributed by atoms with van der Waals surface area (Å²) in [6.45, 7) is 0. The van der Waals surface area contributed by atoms with Crippen molar-refractivity contribution in [2.24, 2.45) is 0 Å². The van der Waals surface area contributed by atoms with Crippen LogP contribution in [0.1, 0.15) is 5.82 Å². The van der Waals surface area contributed by atoms with Gasteiger partial charge in [0.05, 0.1) is 22.3 Å². The smallest absolute Gasteiger partial charge is 0.166 e. The Morgan fingerprint density at radius 2 is 1.71 bits per heavy atom. The third-order valence-corrected chi connectivity index (χ3v) is 4.11. The summed E-state index contributed by atoms with van der Waals surface area (Å²) >= 11 is 1.62. The molecule has 0 aliphatic heterocycles. The molecule has 0 fully saturated rings. The number of nitrogens with one attached hydrogen (secondary N) is 1. The van der Waals surface area contributed by atoms with Crippen LogP contribution in [0.15, 0.2) is 59.9 Å². The van der Waals surface area contributed by atoms with Gasteiger partial charge in [0.15, 0.2) is 5.16 Å². The van der Waals surface area contributed by atoms with Crippen LogP contribution in [0.4, 0.5) is 0 Å². The van der Waals surface area contributed by atoms with E-state index in [4.69, 9.17) is 0 Å². The number of rotatable bonds is 3. The molecule has 2 aromatic heterocycles. The number of H-pyrrole nitrogens is 1. The number of hydrogen-bond donors (Lipinski definition) is 1. The molecule has 0 radical (unpaired) electrons. The molecule has 4 nitrogen and oxygen atoms in total. The van der Waals surface area contributed by atoms with E-state index in [9.17, 15) is 0 Å². The van der Waals surface area contributed by atoms with E-state index >= 15 is 0 Å². The fourth-order valence-corrected chi connectivity index (χ4v) is 2.96. The van der Waals surface area contributed by atoms with E-state index in [2.05, 4.69) is 19.9 Å². The van der Waals surface area contributed by atoms with Crippen LogP contribution in [0.5, 0.6) is 0 Å². The van der Waals surface area contributed by atoms with Crippen LogP contribution < -0.4 is 0 Å². The quantitative estimate of drug-likeness (QED) is 0.584. The van der Waals surface area contributed by atoms with E-state index in [1.165, 1.54) is 0 Å². The van der Waals surface area contributed by atoms with Gasteiger partial charge in [-0.05, 0) is 18.2 Å². The van der Waals surface area contributed by atoms with E-state index in [0.29, 0.717) is 5.75 Å². The number of para-hydroxylation sites is 3. The molecule has 0 aliphatic carbocycles. The van der Waals surface area contributed by atoms with Crippen molar-refractivity contribution in [1.29, 1.82) is 0 Å². The molecule has 102 valence electrons. The Morgan fingerprint density at radius 1 is 0.905 bits per heavy atom. The maximum absolute atomic E-state index is 4.57. The maximum atomic E-state index is 4.57. The van der Waals surface area contributed by atoms with Gasteiger partial charge in [0.2, 0.25) is 0 Å². The Balaban J connectivity index is 1.57. The Kier molecular flexibility index (Phi) is 3.05. The largest absolute Gasteiger partial charge is 0.333 e. The van der Waals surface area contributed by atoms with Gasteiger partial charge in [-0.3, -0.25) is 0 Å². The van der Waals surface area contributed by atoms with Crippen LogP contribution in [0.25, 0.3) is 21.9 Å². The molecule has 0 bridgehead atoms. The summed E-state index contributed by atoms with van der Waals surface area (Å²) in [5.74, 6) is 1.52. The third kappa shape index (κ3) is 2.48. The lowest BCUT2D eigenvalue weighted by Crippen LogP contribution is -1.93. The molecule has 21 heavy (non-hydrogen) atoms. The molecule has 4 aromatic rings. The van der Waals surface area contributed by atoms with Crippen molar-refractivity contribution in [3.63, 3.8) is 0 Å². The molecule has 4 rings (SSSR count). The normalized spacial score (nSPS) is 11.2. The van der Waals surface area contributed by atoms with Crippen LogP contribution in [0.2, 0.25) is 0 Å². The van der Waals surface area contributed by atoms with Crippen LogP contribution in [-0.4, -0.2) is 19.9 Å². The minimum Gasteiger partial charge on any atom is -0.333 e. The number of thioether (sulfide) groups is 1. The van der Waals surface area contributed by atoms with Crippen LogP contribution in [0, 0.1) is 0 Å². The predicted octanol–water partition coefficient (Wildman–Crippen LogP) is 3.80. The number of hydrogen-bond acceptors (Lipinski definition) is 4. The molecule has 0 spiro atoms. The molecule has 1 N–H and O–H groups in total. The maximum Gasteiger partial charge on any atom is 0.166 e. The fraction of sp³-hybridized carbons (Fsp3) is 0.0625. The molecule has 0 saturated heterocycles. The zero-order valence-electron chi connectivity index (χ0n) is 11.2. The second kappa shape index (κ2) is 5.18. The lowest BCUT2D eigenvalue weighted by Gasteiger charge is -2.00. The summed E-state index contributed by atoms with van der Waals surface area (Å²) in [5, 5.41) is 1.96. The summed E-state index contributed by atoms with van der Waals surface area (Å²) in [4.78, 5) is 16.8. The highest BCUT2D eigenvalue weighted by Crippen LogP contribution is 2.22. The Labute approximate surface area is 125 Å². The van der Waals surface area contributed by atoms with Crippen molar-refractivity contribution in [1.82, 2.24) is 19.9 Å². The SMILES string of the molecule is c1ccc2nc(CSc3nc4ccccc4[nH]3)ncc2c1. The van der Waals surface area contributed by atoms with Crippen molar-refractivity contribution < 1.29 is 0 Å². The number of benzene rings is 2. The standard InChI is InChI=1S/C16H12N4S/c1-2-6-12-11(5-1)9-17-15(18-12)10-21-16-19-13-7-3-4-8-14(13)20-16/h1-9H,10H2,(H,19,20). The average Bonchev–Trinajstić information content (AvgIpc) is 2.95. The molecular formula is C16H12N4S. The van der Waals surface area contributed by atoms with Gasteiger partial charge in [-0.1, -0.05) is 42.1 Å². The summed E-state index contributed by atoms with van der Waals surface area (Å²) in [6.07, 6.45) is 1.87. The second-order valence-corrected chi connectivity index (χ2v) is 5.66. The molecule has 2 heterocycles.